The van der Waals surface area contributed by atoms with E-state index >= 15 is 0 Å². The van der Waals surface area contributed by atoms with Crippen molar-refractivity contribution in [3.05, 3.63) is 65.3 Å². The molecule has 0 saturated carbocycles. The summed E-state index contributed by atoms with van der Waals surface area (Å²) >= 11 is 0. The second kappa shape index (κ2) is 13.9. The number of carbonyl (C=O) groups excluding carboxylic acids is 1. The molecule has 0 bridgehead atoms. The fourth-order valence-corrected chi connectivity index (χ4v) is 4.81. The van der Waals surface area contributed by atoms with Gasteiger partial charge in [0.2, 0.25) is 6.29 Å². The maximum atomic E-state index is 13.5. The third kappa shape index (κ3) is 7.13. The summed E-state index contributed by atoms with van der Waals surface area (Å²) in [7, 11) is 4.72. The lowest BCUT2D eigenvalue weighted by Gasteiger charge is -2.32. The Kier molecular flexibility index (Phi) is 10.1. The Balaban J connectivity index is 1.62. The highest BCUT2D eigenvalue weighted by molar-refractivity contribution is 6.01. The van der Waals surface area contributed by atoms with Crippen LogP contribution in [-0.4, -0.2) is 67.6 Å². The number of methoxy groups -OCH3 is 3. The smallest absolute Gasteiger partial charge is 0.328 e. The monoisotopic (exact) mass is 563 g/mol. The predicted molar refractivity (Wildman–Crippen MR) is 154 cm³/mol. The molecule has 0 fully saturated rings. The molecule has 218 valence electrons. The highest BCUT2D eigenvalue weighted by Gasteiger charge is 2.29. The van der Waals surface area contributed by atoms with E-state index in [4.69, 9.17) is 23.9 Å². The number of hydrogen-bond acceptors (Lipinski definition) is 10. The van der Waals surface area contributed by atoms with Crippen molar-refractivity contribution in [2.45, 2.75) is 51.8 Å². The molecule has 4 rings (SSSR count). The molecule has 0 aromatic carbocycles. The molecule has 12 heteroatoms. The third-order valence-corrected chi connectivity index (χ3v) is 6.81. The van der Waals surface area contributed by atoms with E-state index in [0.29, 0.717) is 48.3 Å². The number of pyridine rings is 2. The van der Waals surface area contributed by atoms with Gasteiger partial charge in [-0.25, -0.2) is 14.8 Å². The van der Waals surface area contributed by atoms with Crippen LogP contribution in [0.25, 0.3) is 0 Å². The SMILES string of the molecule is COCC(C)Nc1cc(NC(=O)N2CCCc3cc(CN4C=CC=COC4C)c(C(OC)OC)nc32)ncc1C#N. The van der Waals surface area contributed by atoms with Gasteiger partial charge >= 0.3 is 6.03 Å². The van der Waals surface area contributed by atoms with Crippen molar-refractivity contribution in [1.29, 1.82) is 5.26 Å². The minimum atomic E-state index is -0.727. The molecular formula is C29H37N7O5. The minimum Gasteiger partial charge on any atom is -0.478 e. The fraction of sp³-hybridized carbons (Fsp3) is 0.448. The number of ether oxygens (including phenoxy) is 4. The summed E-state index contributed by atoms with van der Waals surface area (Å²) in [5.74, 6) is 0.858. The normalized spacial score (nSPS) is 17.0. The molecule has 2 atom stereocenters. The van der Waals surface area contributed by atoms with Gasteiger partial charge in [0, 0.05) is 58.9 Å². The van der Waals surface area contributed by atoms with E-state index in [1.807, 2.05) is 32.2 Å². The van der Waals surface area contributed by atoms with Gasteiger partial charge in [0.15, 0.2) is 6.23 Å². The number of nitriles is 1. The number of aromatic nitrogens is 2. The Morgan fingerprint density at radius 2 is 2.07 bits per heavy atom. The van der Waals surface area contributed by atoms with Crippen LogP contribution in [0, 0.1) is 11.3 Å². The molecule has 4 heterocycles. The van der Waals surface area contributed by atoms with Crippen molar-refractivity contribution in [3.63, 3.8) is 0 Å². The molecule has 2 aromatic heterocycles. The standard InChI is InChI=1S/C29H37N7O5/c1-19(18-38-3)32-24-14-25(31-16-23(24)15-30)33-29(37)36-11-8-9-21-13-22(17-35-10-6-7-12-41-20(35)2)26(34-27(21)36)28(39-4)40-5/h6-7,10,12-14,16,19-20,28H,8-9,11,17-18H2,1-5H3,(H2,31,32,33,37). The molecule has 12 nitrogen and oxygen atoms in total. The number of hydrogen-bond donors (Lipinski definition) is 2. The van der Waals surface area contributed by atoms with Gasteiger partial charge in [-0.05, 0) is 56.0 Å². The molecule has 0 aliphatic carbocycles. The Hall–Kier alpha value is -4.18. The minimum absolute atomic E-state index is 0.0472. The molecule has 2 aliphatic rings. The zero-order valence-corrected chi connectivity index (χ0v) is 24.1. The van der Waals surface area contributed by atoms with E-state index in [0.717, 1.165) is 24.0 Å². The molecule has 0 saturated heterocycles. The fourth-order valence-electron chi connectivity index (χ4n) is 4.81. The van der Waals surface area contributed by atoms with Gasteiger partial charge in [0.1, 0.15) is 23.4 Å². The molecule has 2 unspecified atom stereocenters. The number of urea groups is 1. The Bertz CT molecular complexity index is 1320. The lowest BCUT2D eigenvalue weighted by Crippen LogP contribution is -2.40. The third-order valence-electron chi connectivity index (χ3n) is 6.81. The lowest BCUT2D eigenvalue weighted by molar-refractivity contribution is -0.109. The first-order valence-electron chi connectivity index (χ1n) is 13.4. The maximum Gasteiger partial charge on any atom is 0.328 e. The van der Waals surface area contributed by atoms with Crippen molar-refractivity contribution in [3.8, 4) is 6.07 Å². The summed E-state index contributed by atoms with van der Waals surface area (Å²) in [5, 5.41) is 15.6. The quantitative estimate of drug-likeness (QED) is 0.404. The zero-order chi connectivity index (χ0) is 29.4. The Morgan fingerprint density at radius 3 is 2.80 bits per heavy atom. The number of amides is 2. The first-order chi connectivity index (χ1) is 19.9. The van der Waals surface area contributed by atoms with Crippen LogP contribution < -0.4 is 15.5 Å². The van der Waals surface area contributed by atoms with E-state index in [9.17, 15) is 10.1 Å². The first-order valence-corrected chi connectivity index (χ1v) is 13.4. The van der Waals surface area contributed by atoms with Crippen LogP contribution in [0.1, 0.15) is 48.9 Å². The van der Waals surface area contributed by atoms with Crippen LogP contribution >= 0.6 is 0 Å². The van der Waals surface area contributed by atoms with Gasteiger partial charge in [-0.1, -0.05) is 0 Å². The summed E-state index contributed by atoms with van der Waals surface area (Å²) in [6.07, 6.45) is 9.46. The van der Waals surface area contributed by atoms with E-state index in [1.54, 1.807) is 38.6 Å². The number of carbonyl (C=O) groups is 1. The van der Waals surface area contributed by atoms with E-state index in [2.05, 4.69) is 32.7 Å². The van der Waals surface area contributed by atoms with Gasteiger partial charge in [0.05, 0.1) is 24.1 Å². The number of aryl methyl sites for hydroxylation is 1. The Labute approximate surface area is 240 Å². The van der Waals surface area contributed by atoms with Gasteiger partial charge in [0.25, 0.3) is 0 Å². The van der Waals surface area contributed by atoms with Crippen molar-refractivity contribution in [1.82, 2.24) is 14.9 Å². The maximum absolute atomic E-state index is 13.5. The summed E-state index contributed by atoms with van der Waals surface area (Å²) in [4.78, 5) is 26.4. The predicted octanol–water partition coefficient (Wildman–Crippen LogP) is 4.28. The van der Waals surface area contributed by atoms with Crippen molar-refractivity contribution in [2.24, 2.45) is 0 Å². The van der Waals surface area contributed by atoms with Gasteiger partial charge < -0.3 is 29.2 Å². The van der Waals surface area contributed by atoms with E-state index in [1.165, 1.54) is 6.20 Å². The summed E-state index contributed by atoms with van der Waals surface area (Å²) in [6.45, 7) is 5.35. The van der Waals surface area contributed by atoms with Crippen LogP contribution in [0.2, 0.25) is 0 Å². The number of allylic oxidation sites excluding steroid dienone is 2. The summed E-state index contributed by atoms with van der Waals surface area (Å²) in [6, 6.07) is 5.42. The van der Waals surface area contributed by atoms with Crippen molar-refractivity contribution < 1.29 is 23.7 Å². The number of fused-ring (bicyclic) bond motifs is 1. The molecular weight excluding hydrogens is 526 g/mol. The molecule has 2 aromatic rings. The summed E-state index contributed by atoms with van der Waals surface area (Å²) in [5.41, 5.74) is 3.38. The van der Waals surface area contributed by atoms with Crippen LogP contribution in [-0.2, 0) is 31.9 Å². The zero-order valence-electron chi connectivity index (χ0n) is 24.1. The number of nitrogens with one attached hydrogen (secondary N) is 2. The lowest BCUT2D eigenvalue weighted by atomic mass is 10.0. The number of rotatable bonds is 10. The van der Waals surface area contributed by atoms with Gasteiger partial charge in [-0.15, -0.1) is 0 Å². The number of anilines is 3. The van der Waals surface area contributed by atoms with Crippen LogP contribution in [0.3, 0.4) is 0 Å². The van der Waals surface area contributed by atoms with Crippen molar-refractivity contribution >= 4 is 23.4 Å². The molecule has 2 N–H and O–H groups in total. The average Bonchev–Trinajstić information content (AvgIpc) is 3.17. The van der Waals surface area contributed by atoms with Gasteiger partial charge in [-0.3, -0.25) is 10.2 Å². The summed E-state index contributed by atoms with van der Waals surface area (Å²) < 4.78 is 22.1. The molecule has 2 amide bonds. The molecule has 0 radical (unpaired) electrons. The van der Waals surface area contributed by atoms with Crippen molar-refractivity contribution in [2.75, 3.05) is 50.0 Å². The Morgan fingerprint density at radius 1 is 1.27 bits per heavy atom. The van der Waals surface area contributed by atoms with Crippen LogP contribution in [0.5, 0.6) is 0 Å². The molecule has 41 heavy (non-hydrogen) atoms. The van der Waals surface area contributed by atoms with E-state index in [-0.39, 0.29) is 18.3 Å². The van der Waals surface area contributed by atoms with Crippen LogP contribution in [0.15, 0.2) is 42.9 Å². The second-order valence-corrected chi connectivity index (χ2v) is 9.81. The topological polar surface area (TPSA) is 134 Å². The second-order valence-electron chi connectivity index (χ2n) is 9.81. The first kappa shape index (κ1) is 29.8. The average molecular weight is 564 g/mol. The molecule has 0 spiro atoms. The van der Waals surface area contributed by atoms with Crippen LogP contribution in [0.4, 0.5) is 22.1 Å². The highest BCUT2D eigenvalue weighted by atomic mass is 16.7. The number of nitrogens with zero attached hydrogens (tertiary/aromatic N) is 5. The highest BCUT2D eigenvalue weighted by Crippen LogP contribution is 2.32. The largest absolute Gasteiger partial charge is 0.478 e. The molecule has 2 aliphatic heterocycles. The van der Waals surface area contributed by atoms with E-state index < -0.39 is 6.29 Å². The van der Waals surface area contributed by atoms with Gasteiger partial charge in [-0.2, -0.15) is 5.26 Å².